The number of amides is 1. The van der Waals surface area contributed by atoms with E-state index in [9.17, 15) is 19.8 Å². The Morgan fingerprint density at radius 2 is 0.635 bits per heavy atom. The van der Waals surface area contributed by atoms with Gasteiger partial charge in [-0.2, -0.15) is 0 Å². The predicted octanol–water partition coefficient (Wildman–Crippen LogP) is 21.6. The lowest BCUT2D eigenvalue weighted by molar-refractivity contribution is -0.143. The van der Waals surface area contributed by atoms with Crippen LogP contribution in [0.5, 0.6) is 0 Å². The first-order valence-corrected chi connectivity index (χ1v) is 33.9. The third-order valence-corrected chi connectivity index (χ3v) is 16.1. The van der Waals surface area contributed by atoms with E-state index in [0.29, 0.717) is 25.9 Å². The second-order valence-electron chi connectivity index (χ2n) is 23.5. The van der Waals surface area contributed by atoms with Crippen molar-refractivity contribution < 1.29 is 24.5 Å². The number of ether oxygens (including phenoxy) is 1. The third kappa shape index (κ3) is 59.8. The molecule has 0 radical (unpaired) electrons. The summed E-state index contributed by atoms with van der Waals surface area (Å²) < 4.78 is 5.50. The Bertz CT molecular complexity index is 1110. The van der Waals surface area contributed by atoms with Crippen molar-refractivity contribution in [2.24, 2.45) is 0 Å². The van der Waals surface area contributed by atoms with Gasteiger partial charge in [0.15, 0.2) is 0 Å². The summed E-state index contributed by atoms with van der Waals surface area (Å²) in [4.78, 5) is 24.6. The van der Waals surface area contributed by atoms with E-state index in [0.717, 1.165) is 38.5 Å². The molecule has 0 saturated carbocycles. The molecule has 3 N–H and O–H groups in total. The average Bonchev–Trinajstić information content (AvgIpc) is 3.40. The van der Waals surface area contributed by atoms with Crippen LogP contribution in [0.2, 0.25) is 0 Å². The SMILES string of the molecule is CCCCCCCCCCCCCCCCCCCCCCC(O)C(CO)NC(=O)CCCCCCCCC/C=C\CCCCCCCCCCOC(=O)CCCCCCCCCCCCCCCCCCCC. The molecule has 1 amide bonds. The zero-order valence-electron chi connectivity index (χ0n) is 50.4. The van der Waals surface area contributed by atoms with Crippen molar-refractivity contribution in [3.05, 3.63) is 12.2 Å². The number of unbranched alkanes of at least 4 members (excludes halogenated alkanes) is 51. The van der Waals surface area contributed by atoms with Gasteiger partial charge in [0.05, 0.1) is 25.4 Å². The molecule has 0 fully saturated rings. The lowest BCUT2D eigenvalue weighted by Gasteiger charge is -2.22. The van der Waals surface area contributed by atoms with Gasteiger partial charge in [0.1, 0.15) is 0 Å². The van der Waals surface area contributed by atoms with Gasteiger partial charge in [-0.05, 0) is 51.4 Å². The summed E-state index contributed by atoms with van der Waals surface area (Å²) in [6, 6.07) is -0.549. The van der Waals surface area contributed by atoms with Gasteiger partial charge < -0.3 is 20.3 Å². The Morgan fingerprint density at radius 3 is 0.959 bits per heavy atom. The summed E-state index contributed by atoms with van der Waals surface area (Å²) in [6.45, 7) is 4.98. The first-order valence-electron chi connectivity index (χ1n) is 33.9. The van der Waals surface area contributed by atoms with E-state index in [1.807, 2.05) is 0 Å². The number of carbonyl (C=O) groups is 2. The topological polar surface area (TPSA) is 95.9 Å². The minimum absolute atomic E-state index is 0.00957. The van der Waals surface area contributed by atoms with E-state index in [2.05, 4.69) is 31.3 Å². The zero-order chi connectivity index (χ0) is 53.6. The van der Waals surface area contributed by atoms with Crippen molar-refractivity contribution in [3.63, 3.8) is 0 Å². The number of nitrogens with one attached hydrogen (secondary N) is 1. The molecule has 2 atom stereocenters. The highest BCUT2D eigenvalue weighted by Crippen LogP contribution is 2.19. The second kappa shape index (κ2) is 64.1. The van der Waals surface area contributed by atoms with Crippen LogP contribution in [0.25, 0.3) is 0 Å². The summed E-state index contributed by atoms with van der Waals surface area (Å²) in [5, 5.41) is 23.4. The Kier molecular flexibility index (Phi) is 62.9. The normalized spacial score (nSPS) is 12.5. The van der Waals surface area contributed by atoms with Crippen LogP contribution in [-0.2, 0) is 14.3 Å². The number of hydrogen-bond donors (Lipinski definition) is 3. The third-order valence-electron chi connectivity index (χ3n) is 16.1. The van der Waals surface area contributed by atoms with Crippen LogP contribution in [0.4, 0.5) is 0 Å². The van der Waals surface area contributed by atoms with Crippen LogP contribution in [0.15, 0.2) is 12.2 Å². The molecule has 0 aliphatic rings. The Morgan fingerprint density at radius 1 is 0.365 bits per heavy atom. The molecule has 0 aliphatic carbocycles. The van der Waals surface area contributed by atoms with Crippen molar-refractivity contribution in [2.75, 3.05) is 13.2 Å². The lowest BCUT2D eigenvalue weighted by atomic mass is 10.0. The quantitative estimate of drug-likeness (QED) is 0.0320. The van der Waals surface area contributed by atoms with Crippen molar-refractivity contribution in [3.8, 4) is 0 Å². The smallest absolute Gasteiger partial charge is 0.305 e. The molecule has 0 heterocycles. The Balaban J connectivity index is 3.41. The van der Waals surface area contributed by atoms with E-state index in [-0.39, 0.29) is 18.5 Å². The molecule has 0 aromatic carbocycles. The molecular formula is C68H133NO5. The molecular weight excluding hydrogens is 911 g/mol. The van der Waals surface area contributed by atoms with Gasteiger partial charge in [-0.3, -0.25) is 9.59 Å². The van der Waals surface area contributed by atoms with Gasteiger partial charge in [0, 0.05) is 12.8 Å². The van der Waals surface area contributed by atoms with Gasteiger partial charge >= 0.3 is 5.97 Å². The number of allylic oxidation sites excluding steroid dienone is 2. The minimum atomic E-state index is -0.671. The van der Waals surface area contributed by atoms with E-state index in [4.69, 9.17) is 4.74 Å². The highest BCUT2D eigenvalue weighted by molar-refractivity contribution is 5.76. The minimum Gasteiger partial charge on any atom is -0.466 e. The van der Waals surface area contributed by atoms with Gasteiger partial charge in [-0.15, -0.1) is 0 Å². The highest BCUT2D eigenvalue weighted by Gasteiger charge is 2.20. The van der Waals surface area contributed by atoms with Crippen LogP contribution >= 0.6 is 0 Å². The van der Waals surface area contributed by atoms with Gasteiger partial charge in [-0.25, -0.2) is 0 Å². The predicted molar refractivity (Wildman–Crippen MR) is 324 cm³/mol. The zero-order valence-corrected chi connectivity index (χ0v) is 50.4. The van der Waals surface area contributed by atoms with Crippen LogP contribution in [-0.4, -0.2) is 47.4 Å². The number of rotatable bonds is 64. The number of aliphatic hydroxyl groups is 2. The molecule has 2 unspecified atom stereocenters. The molecule has 0 rings (SSSR count). The van der Waals surface area contributed by atoms with E-state index < -0.39 is 12.1 Å². The molecule has 6 nitrogen and oxygen atoms in total. The maximum absolute atomic E-state index is 12.5. The van der Waals surface area contributed by atoms with Crippen LogP contribution in [0, 0.1) is 0 Å². The summed E-state index contributed by atoms with van der Waals surface area (Å²) in [7, 11) is 0. The summed E-state index contributed by atoms with van der Waals surface area (Å²) in [5.41, 5.74) is 0. The molecule has 0 saturated heterocycles. The first kappa shape index (κ1) is 72.6. The molecule has 6 heteroatoms. The summed E-state index contributed by atoms with van der Waals surface area (Å²) in [6.07, 6.45) is 78.1. The number of esters is 1. The highest BCUT2D eigenvalue weighted by atomic mass is 16.5. The van der Waals surface area contributed by atoms with Crippen molar-refractivity contribution in [1.82, 2.24) is 5.32 Å². The Labute approximate surface area is 463 Å². The maximum Gasteiger partial charge on any atom is 0.305 e. The lowest BCUT2D eigenvalue weighted by Crippen LogP contribution is -2.45. The fourth-order valence-electron chi connectivity index (χ4n) is 10.9. The van der Waals surface area contributed by atoms with E-state index in [1.165, 1.54) is 315 Å². The molecule has 0 spiro atoms. The molecule has 0 aliphatic heterocycles. The largest absolute Gasteiger partial charge is 0.466 e. The standard InChI is InChI=1S/C68H133NO5/c1-3-5-7-9-11-13-15-17-19-21-23-25-28-32-36-40-44-48-52-56-60-66(71)65(64-70)69-67(72)61-57-53-49-45-41-37-33-29-26-24-27-31-35-39-43-47-51-55-59-63-74-68(73)62-58-54-50-46-42-38-34-30-22-20-18-16-14-12-10-8-6-4-2/h24,26,65-66,70-71H,3-23,25,27-64H2,1-2H3,(H,69,72)/b26-24-. The van der Waals surface area contributed by atoms with Gasteiger partial charge in [-0.1, -0.05) is 334 Å². The fourth-order valence-corrected chi connectivity index (χ4v) is 10.9. The summed E-state index contributed by atoms with van der Waals surface area (Å²) in [5.74, 6) is -0.0307. The van der Waals surface area contributed by atoms with Crippen LogP contribution in [0.1, 0.15) is 386 Å². The molecule has 0 bridgehead atoms. The van der Waals surface area contributed by atoms with Crippen molar-refractivity contribution in [1.29, 1.82) is 0 Å². The fraction of sp³-hybridized carbons (Fsp3) is 0.941. The number of aliphatic hydroxyl groups excluding tert-OH is 2. The number of hydrogen-bond acceptors (Lipinski definition) is 5. The molecule has 0 aromatic heterocycles. The van der Waals surface area contributed by atoms with E-state index in [1.54, 1.807) is 0 Å². The average molecular weight is 1040 g/mol. The first-order chi connectivity index (χ1) is 36.5. The molecule has 440 valence electrons. The van der Waals surface area contributed by atoms with Gasteiger partial charge in [0.25, 0.3) is 0 Å². The molecule has 0 aromatic rings. The molecule has 74 heavy (non-hydrogen) atoms. The van der Waals surface area contributed by atoms with Crippen molar-refractivity contribution in [2.45, 2.75) is 398 Å². The maximum atomic E-state index is 12.5. The summed E-state index contributed by atoms with van der Waals surface area (Å²) >= 11 is 0. The second-order valence-corrected chi connectivity index (χ2v) is 23.5. The van der Waals surface area contributed by atoms with Crippen LogP contribution < -0.4 is 5.32 Å². The Hall–Kier alpha value is -1.40. The monoisotopic (exact) mass is 1040 g/mol. The van der Waals surface area contributed by atoms with E-state index >= 15 is 0 Å². The van der Waals surface area contributed by atoms with Crippen molar-refractivity contribution >= 4 is 11.9 Å². The van der Waals surface area contributed by atoms with Gasteiger partial charge in [0.2, 0.25) is 5.91 Å². The number of carbonyl (C=O) groups excluding carboxylic acids is 2. The van der Waals surface area contributed by atoms with Crippen LogP contribution in [0.3, 0.4) is 0 Å².